The van der Waals surface area contributed by atoms with Gasteiger partial charge >= 0.3 is 0 Å². The number of nitrogens with one attached hydrogen (secondary N) is 1. The lowest BCUT2D eigenvalue weighted by molar-refractivity contribution is -0.119. The largest absolute Gasteiger partial charge is 0.394 e. The number of rotatable bonds is 5. The minimum atomic E-state index is -0.291. The fourth-order valence-corrected chi connectivity index (χ4v) is 1.90. The number of carbonyl (C=O) groups excluding carboxylic acids is 1. The van der Waals surface area contributed by atoms with Crippen LogP contribution in [0.5, 0.6) is 0 Å². The van der Waals surface area contributed by atoms with Crippen molar-refractivity contribution in [3.8, 4) is 0 Å². The van der Waals surface area contributed by atoms with Crippen molar-refractivity contribution in [1.29, 1.82) is 0 Å². The summed E-state index contributed by atoms with van der Waals surface area (Å²) in [5.74, 6) is -0.356. The van der Waals surface area contributed by atoms with Gasteiger partial charge in [0.25, 0.3) is 0 Å². The van der Waals surface area contributed by atoms with Crippen molar-refractivity contribution in [3.63, 3.8) is 0 Å². The Morgan fingerprint density at radius 1 is 1.56 bits per heavy atom. The van der Waals surface area contributed by atoms with Gasteiger partial charge in [-0.25, -0.2) is 0 Å². The van der Waals surface area contributed by atoms with Gasteiger partial charge in [-0.05, 0) is 24.1 Å². The Morgan fingerprint density at radius 3 is 2.88 bits per heavy atom. The van der Waals surface area contributed by atoms with Crippen LogP contribution in [0.25, 0.3) is 0 Å². The molecule has 0 aliphatic heterocycles. The molecule has 1 amide bonds. The highest BCUT2D eigenvalue weighted by Crippen LogP contribution is 2.13. The predicted octanol–water partition coefficient (Wildman–Crippen LogP) is 1.71. The highest BCUT2D eigenvalue weighted by molar-refractivity contribution is 9.10. The first kappa shape index (κ1) is 13.5. The SMILES string of the molecule is O=C(CCl)N[C@H](CO)Cc1cccc(Br)c1. The molecule has 1 atom stereocenters. The highest BCUT2D eigenvalue weighted by atomic mass is 79.9. The van der Waals surface area contributed by atoms with E-state index in [1.807, 2.05) is 24.3 Å². The second-order valence-corrected chi connectivity index (χ2v) is 4.60. The standard InChI is InChI=1S/C11H13BrClNO2/c12-9-3-1-2-8(4-9)5-10(7-15)14-11(16)6-13/h1-4,10,15H,5-7H2,(H,14,16)/t10-/m0/s1. The van der Waals surface area contributed by atoms with Crippen LogP contribution in [0.2, 0.25) is 0 Å². The Bertz CT molecular complexity index is 360. The maximum Gasteiger partial charge on any atom is 0.235 e. The highest BCUT2D eigenvalue weighted by Gasteiger charge is 2.11. The summed E-state index contributed by atoms with van der Waals surface area (Å²) in [6, 6.07) is 7.45. The fourth-order valence-electron chi connectivity index (χ4n) is 1.38. The minimum Gasteiger partial charge on any atom is -0.394 e. The third-order valence-corrected chi connectivity index (χ3v) is 2.81. The van der Waals surface area contributed by atoms with Crippen LogP contribution < -0.4 is 5.32 Å². The zero-order valence-electron chi connectivity index (χ0n) is 8.62. The van der Waals surface area contributed by atoms with Crippen LogP contribution in [0.4, 0.5) is 0 Å². The second kappa shape index (κ2) is 6.89. The Labute approximate surface area is 108 Å². The van der Waals surface area contributed by atoms with E-state index in [9.17, 15) is 4.79 Å². The number of hydrogen-bond acceptors (Lipinski definition) is 2. The first-order valence-corrected chi connectivity index (χ1v) is 6.19. The van der Waals surface area contributed by atoms with Crippen LogP contribution in [0.3, 0.4) is 0 Å². The second-order valence-electron chi connectivity index (χ2n) is 3.41. The van der Waals surface area contributed by atoms with Crippen LogP contribution >= 0.6 is 27.5 Å². The summed E-state index contributed by atoms with van der Waals surface area (Å²) in [5.41, 5.74) is 1.04. The van der Waals surface area contributed by atoms with Crippen LogP contribution in [-0.2, 0) is 11.2 Å². The lowest BCUT2D eigenvalue weighted by Crippen LogP contribution is -2.39. The smallest absolute Gasteiger partial charge is 0.235 e. The molecule has 0 aromatic heterocycles. The van der Waals surface area contributed by atoms with E-state index in [4.69, 9.17) is 16.7 Å². The molecule has 2 N–H and O–H groups in total. The van der Waals surface area contributed by atoms with Crippen molar-refractivity contribution >= 4 is 33.4 Å². The van der Waals surface area contributed by atoms with E-state index in [-0.39, 0.29) is 24.4 Å². The van der Waals surface area contributed by atoms with E-state index in [1.54, 1.807) is 0 Å². The molecule has 0 fully saturated rings. The van der Waals surface area contributed by atoms with Crippen LogP contribution in [-0.4, -0.2) is 29.5 Å². The Balaban J connectivity index is 2.59. The van der Waals surface area contributed by atoms with E-state index in [1.165, 1.54) is 0 Å². The number of aliphatic hydroxyl groups excluding tert-OH is 1. The molecular weight excluding hydrogens is 293 g/mol. The van der Waals surface area contributed by atoms with Gasteiger partial charge in [0.05, 0.1) is 12.6 Å². The van der Waals surface area contributed by atoms with Gasteiger partial charge < -0.3 is 10.4 Å². The quantitative estimate of drug-likeness (QED) is 0.814. The number of benzene rings is 1. The van der Waals surface area contributed by atoms with E-state index in [0.717, 1.165) is 10.0 Å². The zero-order chi connectivity index (χ0) is 12.0. The van der Waals surface area contributed by atoms with E-state index >= 15 is 0 Å². The Morgan fingerprint density at radius 2 is 2.31 bits per heavy atom. The summed E-state index contributed by atoms with van der Waals surface area (Å²) in [4.78, 5) is 11.1. The number of halogens is 2. The molecule has 0 bridgehead atoms. The van der Waals surface area contributed by atoms with Crippen molar-refractivity contribution < 1.29 is 9.90 Å². The molecule has 0 saturated carbocycles. The predicted molar refractivity (Wildman–Crippen MR) is 67.6 cm³/mol. The summed E-state index contributed by atoms with van der Waals surface area (Å²) in [7, 11) is 0. The molecule has 1 rings (SSSR count). The fraction of sp³-hybridized carbons (Fsp3) is 0.364. The zero-order valence-corrected chi connectivity index (χ0v) is 11.0. The number of alkyl halides is 1. The molecule has 88 valence electrons. The molecule has 0 radical (unpaired) electrons. The average molecular weight is 307 g/mol. The maximum atomic E-state index is 11.1. The Hall–Kier alpha value is -0.580. The van der Waals surface area contributed by atoms with Crippen molar-refractivity contribution in [3.05, 3.63) is 34.3 Å². The van der Waals surface area contributed by atoms with Crippen LogP contribution in [0.1, 0.15) is 5.56 Å². The van der Waals surface area contributed by atoms with Crippen molar-refractivity contribution in [2.24, 2.45) is 0 Å². The van der Waals surface area contributed by atoms with Crippen molar-refractivity contribution in [2.45, 2.75) is 12.5 Å². The first-order valence-electron chi connectivity index (χ1n) is 4.86. The molecule has 0 spiro atoms. The monoisotopic (exact) mass is 305 g/mol. The van der Waals surface area contributed by atoms with E-state index in [0.29, 0.717) is 6.42 Å². The van der Waals surface area contributed by atoms with E-state index < -0.39 is 0 Å². The molecule has 1 aromatic carbocycles. The first-order chi connectivity index (χ1) is 7.65. The molecular formula is C11H13BrClNO2. The van der Waals surface area contributed by atoms with Gasteiger partial charge in [-0.3, -0.25) is 4.79 Å². The third-order valence-electron chi connectivity index (χ3n) is 2.08. The summed E-state index contributed by atoms with van der Waals surface area (Å²) in [5, 5.41) is 11.8. The van der Waals surface area contributed by atoms with E-state index in [2.05, 4.69) is 21.2 Å². The summed E-state index contributed by atoms with van der Waals surface area (Å²) >= 11 is 8.75. The number of hydrogen-bond donors (Lipinski definition) is 2. The maximum absolute atomic E-state index is 11.1. The van der Waals surface area contributed by atoms with Gasteiger partial charge in [0.1, 0.15) is 5.88 Å². The van der Waals surface area contributed by atoms with Crippen molar-refractivity contribution in [2.75, 3.05) is 12.5 Å². The summed E-state index contributed by atoms with van der Waals surface area (Å²) < 4.78 is 0.977. The van der Waals surface area contributed by atoms with Gasteiger partial charge in [0, 0.05) is 4.47 Å². The van der Waals surface area contributed by atoms with Gasteiger partial charge in [0.2, 0.25) is 5.91 Å². The van der Waals surface area contributed by atoms with Crippen molar-refractivity contribution in [1.82, 2.24) is 5.32 Å². The summed E-state index contributed by atoms with van der Waals surface area (Å²) in [6.07, 6.45) is 0.582. The Kier molecular flexibility index (Phi) is 5.80. The molecule has 3 nitrogen and oxygen atoms in total. The minimum absolute atomic E-state index is 0.0883. The number of carbonyl (C=O) groups is 1. The number of aliphatic hydroxyl groups is 1. The number of amides is 1. The molecule has 16 heavy (non-hydrogen) atoms. The average Bonchev–Trinajstić information content (AvgIpc) is 2.28. The molecule has 0 heterocycles. The summed E-state index contributed by atoms with van der Waals surface area (Å²) in [6.45, 7) is -0.102. The molecule has 5 heteroatoms. The third kappa shape index (κ3) is 4.51. The van der Waals surface area contributed by atoms with Gasteiger partial charge in [-0.2, -0.15) is 0 Å². The van der Waals surface area contributed by atoms with Crippen LogP contribution in [0.15, 0.2) is 28.7 Å². The topological polar surface area (TPSA) is 49.3 Å². The molecule has 1 aromatic rings. The lowest BCUT2D eigenvalue weighted by atomic mass is 10.1. The molecule has 0 aliphatic carbocycles. The molecule has 0 saturated heterocycles. The molecule has 0 unspecified atom stereocenters. The normalized spacial score (nSPS) is 12.2. The van der Waals surface area contributed by atoms with Gasteiger partial charge in [-0.15, -0.1) is 11.6 Å². The van der Waals surface area contributed by atoms with Gasteiger partial charge in [-0.1, -0.05) is 28.1 Å². The van der Waals surface area contributed by atoms with Crippen LogP contribution in [0, 0.1) is 0 Å². The van der Waals surface area contributed by atoms with Gasteiger partial charge in [0.15, 0.2) is 0 Å². The lowest BCUT2D eigenvalue weighted by Gasteiger charge is -2.15. The molecule has 0 aliphatic rings.